The van der Waals surface area contributed by atoms with Crippen molar-refractivity contribution in [1.82, 2.24) is 0 Å². The summed E-state index contributed by atoms with van der Waals surface area (Å²) in [6.45, 7) is 0. The lowest BCUT2D eigenvalue weighted by atomic mass is 9.88. The number of ketones is 1. The van der Waals surface area contributed by atoms with E-state index in [9.17, 15) is 24.6 Å². The molecule has 2 rings (SSSR count). The number of aliphatic carboxylic acids is 1. The van der Waals surface area contributed by atoms with E-state index >= 15 is 0 Å². The van der Waals surface area contributed by atoms with Crippen LogP contribution in [0.2, 0.25) is 0 Å². The number of aromatic carboxylic acids is 1. The molecule has 1 aliphatic rings. The first kappa shape index (κ1) is 21.6. The zero-order valence-electron chi connectivity index (χ0n) is 15.6. The van der Waals surface area contributed by atoms with Crippen LogP contribution in [0, 0.1) is 11.8 Å². The Balaban J connectivity index is 1.97. The number of benzene rings is 1. The van der Waals surface area contributed by atoms with Crippen molar-refractivity contribution >= 4 is 23.8 Å². The maximum Gasteiger partial charge on any atom is 0.339 e. The van der Waals surface area contributed by atoms with Crippen LogP contribution < -0.4 is 0 Å². The van der Waals surface area contributed by atoms with Gasteiger partial charge >= 0.3 is 11.9 Å². The molecule has 7 heteroatoms. The molecular formula is C21H26O7. The highest BCUT2D eigenvalue weighted by Gasteiger charge is 2.39. The molecule has 1 aliphatic carbocycles. The monoisotopic (exact) mass is 390 g/mol. The smallest absolute Gasteiger partial charge is 0.339 e. The molecule has 4 N–H and O–H groups in total. The summed E-state index contributed by atoms with van der Waals surface area (Å²) in [5.74, 6) is -2.97. The fraction of sp³-hybridized carbons (Fsp3) is 0.476. The number of rotatable bonds is 10. The minimum atomic E-state index is -1.23. The van der Waals surface area contributed by atoms with E-state index in [4.69, 9.17) is 10.2 Å². The average Bonchev–Trinajstić information content (AvgIpc) is 2.89. The topological polar surface area (TPSA) is 132 Å². The summed E-state index contributed by atoms with van der Waals surface area (Å²) >= 11 is 0. The predicted molar refractivity (Wildman–Crippen MR) is 102 cm³/mol. The second-order valence-electron chi connectivity index (χ2n) is 7.21. The lowest BCUT2D eigenvalue weighted by Crippen LogP contribution is -2.18. The third-order valence-corrected chi connectivity index (χ3v) is 5.15. The maximum atomic E-state index is 12.2. The molecule has 1 fully saturated rings. The summed E-state index contributed by atoms with van der Waals surface area (Å²) in [5, 5.41) is 37.5. The van der Waals surface area contributed by atoms with Crippen LogP contribution in [0.4, 0.5) is 0 Å². The van der Waals surface area contributed by atoms with Gasteiger partial charge in [0, 0.05) is 24.7 Å². The predicted octanol–water partition coefficient (Wildman–Crippen LogP) is 3.09. The van der Waals surface area contributed by atoms with Gasteiger partial charge in [-0.25, -0.2) is 4.79 Å². The minimum absolute atomic E-state index is 0.0182. The molecule has 0 aliphatic heterocycles. The van der Waals surface area contributed by atoms with E-state index in [0.717, 1.165) is 19.3 Å². The van der Waals surface area contributed by atoms with Crippen molar-refractivity contribution in [1.29, 1.82) is 0 Å². The molecule has 28 heavy (non-hydrogen) atoms. The van der Waals surface area contributed by atoms with Crippen LogP contribution in [0.25, 0.3) is 6.08 Å². The molecule has 1 saturated carbocycles. The Hall–Kier alpha value is -2.67. The molecule has 7 nitrogen and oxygen atoms in total. The van der Waals surface area contributed by atoms with Gasteiger partial charge in [-0.2, -0.15) is 0 Å². The molecule has 0 unspecified atom stereocenters. The van der Waals surface area contributed by atoms with E-state index in [2.05, 4.69) is 0 Å². The van der Waals surface area contributed by atoms with Gasteiger partial charge in [0.25, 0.3) is 0 Å². The van der Waals surface area contributed by atoms with E-state index in [-0.39, 0.29) is 41.8 Å². The third kappa shape index (κ3) is 5.92. The highest BCUT2D eigenvalue weighted by atomic mass is 16.4. The van der Waals surface area contributed by atoms with Crippen molar-refractivity contribution in [2.75, 3.05) is 0 Å². The molecule has 0 bridgehead atoms. The fourth-order valence-corrected chi connectivity index (χ4v) is 3.64. The Morgan fingerprint density at radius 1 is 1.11 bits per heavy atom. The van der Waals surface area contributed by atoms with Crippen LogP contribution in [0.5, 0.6) is 5.75 Å². The zero-order chi connectivity index (χ0) is 20.7. The number of carbonyl (C=O) groups excluding carboxylic acids is 1. The molecule has 0 spiro atoms. The van der Waals surface area contributed by atoms with Gasteiger partial charge in [0.05, 0.1) is 6.10 Å². The maximum absolute atomic E-state index is 12.2. The van der Waals surface area contributed by atoms with E-state index < -0.39 is 18.0 Å². The summed E-state index contributed by atoms with van der Waals surface area (Å²) in [4.78, 5) is 33.8. The molecule has 0 amide bonds. The number of carbonyl (C=O) groups is 3. The van der Waals surface area contributed by atoms with Gasteiger partial charge < -0.3 is 20.4 Å². The largest absolute Gasteiger partial charge is 0.507 e. The summed E-state index contributed by atoms with van der Waals surface area (Å²) in [6.07, 6.45) is 6.56. The van der Waals surface area contributed by atoms with Crippen LogP contribution in [0.15, 0.2) is 24.3 Å². The summed E-state index contributed by atoms with van der Waals surface area (Å²) in [7, 11) is 0. The van der Waals surface area contributed by atoms with Gasteiger partial charge in [-0.15, -0.1) is 0 Å². The number of Topliss-reactive ketones (excluding diaryl/α,β-unsaturated/α-hetero) is 1. The highest BCUT2D eigenvalue weighted by Crippen LogP contribution is 2.35. The lowest BCUT2D eigenvalue weighted by Gasteiger charge is -2.17. The minimum Gasteiger partial charge on any atom is -0.507 e. The Labute approximate surface area is 163 Å². The van der Waals surface area contributed by atoms with Crippen molar-refractivity contribution in [3.63, 3.8) is 0 Å². The number of phenols is 1. The van der Waals surface area contributed by atoms with E-state index in [1.807, 2.05) is 0 Å². The number of unbranched alkanes of at least 4 members (excludes halogenated alkanes) is 3. The highest BCUT2D eigenvalue weighted by molar-refractivity contribution is 5.91. The second-order valence-corrected chi connectivity index (χ2v) is 7.21. The summed E-state index contributed by atoms with van der Waals surface area (Å²) < 4.78 is 0. The van der Waals surface area contributed by atoms with E-state index in [1.54, 1.807) is 18.2 Å². The number of carboxylic acid groups (broad SMARTS) is 2. The number of carboxylic acids is 2. The van der Waals surface area contributed by atoms with Crippen LogP contribution in [0.3, 0.4) is 0 Å². The van der Waals surface area contributed by atoms with E-state index in [1.165, 1.54) is 12.1 Å². The van der Waals surface area contributed by atoms with Gasteiger partial charge in [0.2, 0.25) is 0 Å². The quantitative estimate of drug-likeness (QED) is 0.451. The number of aromatic hydroxyl groups is 1. The normalized spacial score (nSPS) is 22.0. The molecule has 1 aromatic carbocycles. The van der Waals surface area contributed by atoms with Crippen LogP contribution in [-0.2, 0) is 9.59 Å². The van der Waals surface area contributed by atoms with Crippen LogP contribution in [0.1, 0.15) is 60.9 Å². The first-order valence-corrected chi connectivity index (χ1v) is 9.46. The van der Waals surface area contributed by atoms with Crippen molar-refractivity contribution in [3.05, 3.63) is 35.4 Å². The van der Waals surface area contributed by atoms with Crippen LogP contribution in [-0.4, -0.2) is 44.3 Å². The number of hydrogen-bond acceptors (Lipinski definition) is 5. The Morgan fingerprint density at radius 3 is 2.50 bits per heavy atom. The summed E-state index contributed by atoms with van der Waals surface area (Å²) in [6, 6.07) is 4.21. The van der Waals surface area contributed by atoms with Gasteiger partial charge in [-0.05, 0) is 30.5 Å². The number of aliphatic hydroxyl groups excluding tert-OH is 1. The first-order chi connectivity index (χ1) is 13.3. The second kappa shape index (κ2) is 10.0. The molecule has 0 aromatic heterocycles. The zero-order valence-corrected chi connectivity index (χ0v) is 15.6. The molecule has 152 valence electrons. The van der Waals surface area contributed by atoms with Crippen molar-refractivity contribution in [3.8, 4) is 5.75 Å². The summed E-state index contributed by atoms with van der Waals surface area (Å²) in [5.41, 5.74) is 0.359. The van der Waals surface area contributed by atoms with Crippen LogP contribution >= 0.6 is 0 Å². The first-order valence-electron chi connectivity index (χ1n) is 9.46. The Morgan fingerprint density at radius 2 is 1.82 bits per heavy atom. The fourth-order valence-electron chi connectivity index (χ4n) is 3.64. The SMILES string of the molecule is O=C(O)CCCCCC[C@@H]1C(=O)C[C@H](O)[C@H]1C=Cc1ccc(O)c(C(=O)O)c1. The van der Waals surface area contributed by atoms with E-state index in [0.29, 0.717) is 18.4 Å². The Bertz CT molecular complexity index is 753. The average molecular weight is 390 g/mol. The van der Waals surface area contributed by atoms with Gasteiger partial charge in [0.15, 0.2) is 0 Å². The van der Waals surface area contributed by atoms with Crippen molar-refractivity contribution < 1.29 is 34.8 Å². The van der Waals surface area contributed by atoms with Crippen molar-refractivity contribution in [2.24, 2.45) is 11.8 Å². The van der Waals surface area contributed by atoms with Gasteiger partial charge in [0.1, 0.15) is 17.1 Å². The standard InChI is InChI=1S/C21H26O7/c22-17-10-8-13(11-16(17)21(27)28)7-9-15-14(18(23)12-19(15)24)5-3-1-2-4-6-20(25)26/h7-11,14-15,19,22,24H,1-6,12H2,(H,25,26)(H,27,28)/t14-,15-,19-/m0/s1. The molecule has 1 aromatic rings. The molecule has 3 atom stereocenters. The Kier molecular flexibility index (Phi) is 7.75. The van der Waals surface area contributed by atoms with Crippen molar-refractivity contribution in [2.45, 2.75) is 51.0 Å². The molecule has 0 heterocycles. The van der Waals surface area contributed by atoms with Gasteiger partial charge in [-0.3, -0.25) is 9.59 Å². The number of aliphatic hydroxyl groups is 1. The number of hydrogen-bond donors (Lipinski definition) is 4. The lowest BCUT2D eigenvalue weighted by molar-refractivity contribution is -0.137. The molecule has 0 radical (unpaired) electrons. The van der Waals surface area contributed by atoms with Gasteiger partial charge in [-0.1, -0.05) is 37.5 Å². The molecular weight excluding hydrogens is 364 g/mol. The third-order valence-electron chi connectivity index (χ3n) is 5.15. The molecule has 0 saturated heterocycles.